The molecule has 2 fully saturated rings. The Balaban J connectivity index is 0.000000292. The molecule has 3 aromatic carbocycles. The second-order valence-electron chi connectivity index (χ2n) is 22.3. The van der Waals surface area contributed by atoms with Crippen LogP contribution in [0.3, 0.4) is 0 Å². The number of hydrogen-bond donors (Lipinski definition) is 2. The predicted octanol–water partition coefficient (Wildman–Crippen LogP) is 10.4. The van der Waals surface area contributed by atoms with Gasteiger partial charge in [0, 0.05) is 289 Å². The number of aryl methyl sites for hydroxylation is 2. The van der Waals surface area contributed by atoms with Crippen LogP contribution in [0.4, 0.5) is 17.6 Å². The number of hydrogen-bond acceptors (Lipinski definition) is 10. The van der Waals surface area contributed by atoms with E-state index in [2.05, 4.69) is 340 Å². The van der Waals surface area contributed by atoms with E-state index >= 15 is 4.39 Å². The maximum absolute atomic E-state index is 15.1. The van der Waals surface area contributed by atoms with E-state index in [-0.39, 0.29) is 61.1 Å². The Bertz CT molecular complexity index is 6480. The maximum atomic E-state index is 15.1. The van der Waals surface area contributed by atoms with Crippen molar-refractivity contribution in [1.82, 2.24) is 15.3 Å². The number of aliphatic imine (C=N–C) groups is 2. The SMILES string of the molecule is CC#CC#CC#CC#CC#CC#CC#CC#CC#CC#CC#CC#CC#CC#CC#CC#CC#CC#CC#CC#CC#CC#CC#CC#CC#CC#CC#CC.Cc1ccc([C@H]2C[C@H]3CSC(N)=N[C@@]3(c3ccc(F)cc3F)CO2)cn1.Cc1ccc([C@H]2C[C@H]3CSC(NC(=O)c4ccccc4)=N[C@@]3(c3ccc(F)cc3F)CO2)cn1.Cl. The molecule has 3 N–H and O–H groups in total. The first-order valence-corrected chi connectivity index (χ1v) is 35.7. The van der Waals surface area contributed by atoms with Gasteiger partial charge < -0.3 is 20.5 Å². The number of carbonyl (C=O) groups excluding carboxylic acids is 1. The van der Waals surface area contributed by atoms with Gasteiger partial charge in [0.05, 0.1) is 25.4 Å². The van der Waals surface area contributed by atoms with Crippen LogP contribution in [0, 0.1) is 369 Å². The van der Waals surface area contributed by atoms with Crippen LogP contribution in [0.1, 0.15) is 82.9 Å². The van der Waals surface area contributed by atoms with Crippen molar-refractivity contribution in [2.45, 2.75) is 63.8 Å². The number of nitrogens with zero attached hydrogens (tertiary/aromatic N) is 4. The van der Waals surface area contributed by atoms with E-state index in [1.807, 2.05) is 50.4 Å². The molecule has 4 aliphatic heterocycles. The molecule has 0 unspecified atom stereocenters. The molecular weight excluding hydrogens is 1520 g/mol. The van der Waals surface area contributed by atoms with Crippen molar-refractivity contribution in [3.8, 4) is 320 Å². The molecule has 9 nitrogen and oxygen atoms in total. The summed E-state index contributed by atoms with van der Waals surface area (Å²) < 4.78 is 69.0. The number of amides is 1. The third kappa shape index (κ3) is 32.4. The predicted molar refractivity (Wildman–Crippen MR) is 454 cm³/mol. The summed E-state index contributed by atoms with van der Waals surface area (Å²) in [4.78, 5) is 30.9. The van der Waals surface area contributed by atoms with Gasteiger partial charge in [0.1, 0.15) is 34.3 Å². The average Bonchev–Trinajstić information content (AvgIpc) is 0.736. The molecular formula is C101H49ClF4N6O3S2. The van der Waals surface area contributed by atoms with Crippen molar-refractivity contribution < 1.29 is 31.8 Å². The van der Waals surface area contributed by atoms with Gasteiger partial charge >= 0.3 is 0 Å². The second kappa shape index (κ2) is 52.4. The smallest absolute Gasteiger partial charge is 0.257 e. The van der Waals surface area contributed by atoms with Crippen LogP contribution in [0.5, 0.6) is 0 Å². The molecule has 117 heavy (non-hydrogen) atoms. The molecule has 1 amide bonds. The molecule has 0 saturated carbocycles. The van der Waals surface area contributed by atoms with Crippen LogP contribution in [0.2, 0.25) is 0 Å². The first-order chi connectivity index (χ1) is 56.8. The number of nitrogens with one attached hydrogen (secondary N) is 1. The Morgan fingerprint density at radius 1 is 0.402 bits per heavy atom. The third-order valence-electron chi connectivity index (χ3n) is 14.9. The summed E-state index contributed by atoms with van der Waals surface area (Å²) >= 11 is 2.89. The normalized spacial score (nSPS) is 15.2. The zero-order valence-corrected chi connectivity index (χ0v) is 64.6. The summed E-state index contributed by atoms with van der Waals surface area (Å²) in [6.45, 7) is 7.52. The van der Waals surface area contributed by atoms with Gasteiger partial charge in [-0.1, -0.05) is 77.8 Å². The number of aromatic nitrogens is 2. The highest BCUT2D eigenvalue weighted by molar-refractivity contribution is 8.14. The number of rotatable bonds is 5. The fourth-order valence-corrected chi connectivity index (χ4v) is 12.1. The minimum absolute atomic E-state index is 0. The van der Waals surface area contributed by atoms with E-state index in [0.29, 0.717) is 45.8 Å². The Morgan fingerprint density at radius 2 is 0.692 bits per heavy atom. The molecule has 0 aliphatic carbocycles. The van der Waals surface area contributed by atoms with Gasteiger partial charge in [-0.3, -0.25) is 14.8 Å². The Morgan fingerprint density at radius 3 is 0.974 bits per heavy atom. The van der Waals surface area contributed by atoms with Gasteiger partial charge in [0.2, 0.25) is 0 Å². The van der Waals surface area contributed by atoms with Crippen molar-refractivity contribution >= 4 is 52.2 Å². The first-order valence-electron chi connectivity index (χ1n) is 33.7. The van der Waals surface area contributed by atoms with Crippen LogP contribution in [-0.4, -0.2) is 50.9 Å². The van der Waals surface area contributed by atoms with Gasteiger partial charge in [-0.2, -0.15) is 0 Å². The highest BCUT2D eigenvalue weighted by atomic mass is 35.5. The molecule has 0 radical (unpaired) electrons. The van der Waals surface area contributed by atoms with Crippen LogP contribution < -0.4 is 11.1 Å². The summed E-state index contributed by atoms with van der Waals surface area (Å²) in [6.07, 6.45) is 4.56. The summed E-state index contributed by atoms with van der Waals surface area (Å²) in [6, 6.07) is 23.9. The molecule has 4 aliphatic rings. The lowest BCUT2D eigenvalue weighted by Gasteiger charge is -2.46. The zero-order chi connectivity index (χ0) is 82.2. The fraction of sp³-hybridized carbons (Fsp3) is 0.158. The number of nitrogens with two attached hydrogens (primary N) is 1. The Hall–Kier alpha value is -16.7. The van der Waals surface area contributed by atoms with Crippen molar-refractivity contribution in [3.05, 3.63) is 166 Å². The number of amidine groups is 2. The van der Waals surface area contributed by atoms with Crippen molar-refractivity contribution in [2.24, 2.45) is 27.6 Å². The number of thioether (sulfide) groups is 2. The molecule has 0 bridgehead atoms. The number of fused-ring (bicyclic) bond motifs is 2. The summed E-state index contributed by atoms with van der Waals surface area (Å²) in [5.41, 5.74) is 8.89. The Labute approximate surface area is 696 Å². The molecule has 16 heteroatoms. The van der Waals surface area contributed by atoms with Crippen LogP contribution in [0.15, 0.2) is 113 Å². The maximum Gasteiger partial charge on any atom is 0.257 e. The fourth-order valence-electron chi connectivity index (χ4n) is 9.91. The van der Waals surface area contributed by atoms with Crippen LogP contribution in [-0.2, 0) is 20.6 Å². The van der Waals surface area contributed by atoms with Crippen molar-refractivity contribution in [3.63, 3.8) is 0 Å². The first kappa shape index (κ1) is 89.2. The molecule has 548 valence electrons. The zero-order valence-electron chi connectivity index (χ0n) is 62.2. The molecule has 2 aromatic heterocycles. The van der Waals surface area contributed by atoms with Gasteiger partial charge in [-0.05, 0) is 183 Å². The summed E-state index contributed by atoms with van der Waals surface area (Å²) in [7, 11) is 0. The van der Waals surface area contributed by atoms with E-state index in [0.717, 1.165) is 34.6 Å². The summed E-state index contributed by atoms with van der Waals surface area (Å²) in [5, 5.41) is 3.66. The van der Waals surface area contributed by atoms with E-state index in [4.69, 9.17) is 20.2 Å². The standard InChI is InChI=1S/C56H6.C26H23F2N3O2S.C19H19F2N3OS.ClH/c1-3-5-7-9-11-13-15-17-19-21-23-25-27-29-31-33-35-37-39-41-43-45-47-49-51-53-55-56-54-52-50-48-46-44-42-40-38-36-34-32-30-28-26-24-22-20-18-16-14-12-10-8-6-4-2;1-16-7-8-18(13-29-16)23-11-19-14-34-25(30-24(32)17-5-3-2-4-6-17)31-26(19,15-33-23)21-10-9-20(27)12-22(21)28;1-11-2-3-12(8-23-11)17-6-13-9-26-18(22)24-19(13,10-25-17)15-5-4-14(20)7-16(15)21;/h1-2H3;2-10,12-13,19,23H,11,14-15H2,1H3,(H,30,31,32);2-5,7-8,13,17H,6,9-10H2,1H3,(H2,22,24);1H/t;19-,23+,26-;13-,17+,19-;/m.00./s1. The molecule has 9 rings (SSSR count). The van der Waals surface area contributed by atoms with Gasteiger partial charge in [-0.25, -0.2) is 27.5 Å². The minimum atomic E-state index is -1.07. The lowest BCUT2D eigenvalue weighted by Crippen LogP contribution is -2.49. The van der Waals surface area contributed by atoms with Crippen LogP contribution >= 0.6 is 35.9 Å². The number of pyridine rings is 2. The lowest BCUT2D eigenvalue weighted by atomic mass is 9.74. The summed E-state index contributed by atoms with van der Waals surface area (Å²) in [5.74, 6) is 134. The van der Waals surface area contributed by atoms with Crippen LogP contribution in [0.25, 0.3) is 0 Å². The molecule has 2 saturated heterocycles. The highest BCUT2D eigenvalue weighted by Crippen LogP contribution is 2.51. The van der Waals surface area contributed by atoms with E-state index < -0.39 is 34.3 Å². The number of ether oxygens (including phenoxy) is 2. The average molecular weight is 1570 g/mol. The molecule has 6 atom stereocenters. The number of halogens is 5. The molecule has 0 spiro atoms. The van der Waals surface area contributed by atoms with Gasteiger partial charge in [-0.15, -0.1) is 12.4 Å². The monoisotopic (exact) mass is 1570 g/mol. The Kier molecular flexibility index (Phi) is 40.0. The molecule has 5 aromatic rings. The lowest BCUT2D eigenvalue weighted by molar-refractivity contribution is -0.0590. The molecule has 6 heterocycles. The van der Waals surface area contributed by atoms with Gasteiger partial charge in [0.15, 0.2) is 10.3 Å². The topological polar surface area (TPSA) is 124 Å². The third-order valence-corrected chi connectivity index (χ3v) is 16.9. The second-order valence-corrected chi connectivity index (χ2v) is 24.4. The van der Waals surface area contributed by atoms with E-state index in [1.165, 1.54) is 47.8 Å². The van der Waals surface area contributed by atoms with Gasteiger partial charge in [0.25, 0.3) is 5.91 Å². The van der Waals surface area contributed by atoms with Crippen molar-refractivity contribution in [2.75, 3.05) is 24.7 Å². The van der Waals surface area contributed by atoms with E-state index in [1.54, 1.807) is 44.3 Å². The number of benzene rings is 3. The van der Waals surface area contributed by atoms with E-state index in [9.17, 15) is 18.0 Å². The largest absolute Gasteiger partial charge is 0.379 e. The number of carbonyl (C=O) groups is 1. The van der Waals surface area contributed by atoms with Crippen molar-refractivity contribution in [1.29, 1.82) is 0 Å². The quantitative estimate of drug-likeness (QED) is 0.132. The highest BCUT2D eigenvalue weighted by Gasteiger charge is 2.51. The minimum Gasteiger partial charge on any atom is -0.379 e.